The predicted molar refractivity (Wildman–Crippen MR) is 88.5 cm³/mol. The topological polar surface area (TPSA) is 21.3 Å². The minimum atomic E-state index is 0.618. The molecule has 2 aromatic rings. The Morgan fingerprint density at radius 2 is 1.76 bits per heavy atom. The second-order valence-electron chi connectivity index (χ2n) is 5.95. The molecule has 112 valence electrons. The Balaban J connectivity index is 1.82. The summed E-state index contributed by atoms with van der Waals surface area (Å²) >= 11 is 0. The minimum Gasteiger partial charge on any atom is -0.489 e. The summed E-state index contributed by atoms with van der Waals surface area (Å²) in [6.45, 7) is 9.11. The van der Waals surface area contributed by atoms with Crippen molar-refractivity contribution >= 4 is 0 Å². The van der Waals surface area contributed by atoms with Crippen LogP contribution in [-0.2, 0) is 13.2 Å². The minimum absolute atomic E-state index is 0.618. The normalized spacial score (nSPS) is 10.9. The Labute approximate surface area is 128 Å². The maximum atomic E-state index is 5.82. The van der Waals surface area contributed by atoms with Crippen LogP contribution >= 0.6 is 0 Å². The highest BCUT2D eigenvalue weighted by atomic mass is 16.5. The first-order valence-corrected chi connectivity index (χ1v) is 7.61. The molecule has 0 amide bonds. The molecule has 2 nitrogen and oxygen atoms in total. The molecule has 0 atom stereocenters. The lowest BCUT2D eigenvalue weighted by atomic mass is 10.1. The largest absolute Gasteiger partial charge is 0.489 e. The van der Waals surface area contributed by atoms with Gasteiger partial charge < -0.3 is 10.1 Å². The zero-order chi connectivity index (χ0) is 15.1. The van der Waals surface area contributed by atoms with E-state index in [4.69, 9.17) is 4.74 Å². The second kappa shape index (κ2) is 7.84. The Morgan fingerprint density at radius 3 is 2.43 bits per heavy atom. The zero-order valence-electron chi connectivity index (χ0n) is 13.2. The molecule has 0 saturated heterocycles. The number of rotatable bonds is 7. The molecule has 0 bridgehead atoms. The van der Waals surface area contributed by atoms with Crippen LogP contribution in [-0.4, -0.2) is 6.54 Å². The first-order chi connectivity index (χ1) is 10.1. The summed E-state index contributed by atoms with van der Waals surface area (Å²) in [6.07, 6.45) is 0. The maximum Gasteiger partial charge on any atom is 0.119 e. The molecular formula is C19H25NO. The van der Waals surface area contributed by atoms with Crippen LogP contribution in [0.25, 0.3) is 0 Å². The van der Waals surface area contributed by atoms with Crippen molar-refractivity contribution in [2.24, 2.45) is 5.92 Å². The van der Waals surface area contributed by atoms with Crippen molar-refractivity contribution in [3.8, 4) is 5.75 Å². The lowest BCUT2D eigenvalue weighted by molar-refractivity contribution is 0.306. The van der Waals surface area contributed by atoms with Crippen molar-refractivity contribution in [3.05, 3.63) is 65.2 Å². The summed E-state index contributed by atoms with van der Waals surface area (Å²) in [6, 6.07) is 16.8. The van der Waals surface area contributed by atoms with Crippen molar-refractivity contribution in [1.29, 1.82) is 0 Å². The Hall–Kier alpha value is -1.80. The summed E-state index contributed by atoms with van der Waals surface area (Å²) in [4.78, 5) is 0. The molecule has 0 heterocycles. The summed E-state index contributed by atoms with van der Waals surface area (Å²) in [5.41, 5.74) is 3.76. The molecule has 0 aromatic heterocycles. The molecule has 0 radical (unpaired) electrons. The number of nitrogens with one attached hydrogen (secondary N) is 1. The standard InChI is InChI=1S/C19H25NO/c1-15(2)12-20-13-17-7-9-19(10-8-17)21-14-18-6-4-5-16(3)11-18/h4-11,15,20H,12-14H2,1-3H3. The van der Waals surface area contributed by atoms with E-state index in [-0.39, 0.29) is 0 Å². The fourth-order valence-corrected chi connectivity index (χ4v) is 2.18. The SMILES string of the molecule is Cc1cccc(COc2ccc(CNCC(C)C)cc2)c1. The van der Waals surface area contributed by atoms with Crippen LogP contribution < -0.4 is 10.1 Å². The van der Waals surface area contributed by atoms with Gasteiger partial charge in [0, 0.05) is 6.54 Å². The molecule has 21 heavy (non-hydrogen) atoms. The third kappa shape index (κ3) is 5.60. The first kappa shape index (κ1) is 15.6. The van der Waals surface area contributed by atoms with E-state index >= 15 is 0 Å². The highest BCUT2D eigenvalue weighted by molar-refractivity contribution is 5.28. The van der Waals surface area contributed by atoms with E-state index in [9.17, 15) is 0 Å². The van der Waals surface area contributed by atoms with Gasteiger partial charge in [-0.15, -0.1) is 0 Å². The van der Waals surface area contributed by atoms with E-state index in [2.05, 4.69) is 62.5 Å². The van der Waals surface area contributed by atoms with Crippen LogP contribution in [0.4, 0.5) is 0 Å². The fourth-order valence-electron chi connectivity index (χ4n) is 2.18. The number of hydrogen-bond acceptors (Lipinski definition) is 2. The Bertz CT molecular complexity index is 546. The van der Waals surface area contributed by atoms with Crippen LogP contribution in [0.5, 0.6) is 5.75 Å². The summed E-state index contributed by atoms with van der Waals surface area (Å²) in [5.74, 6) is 1.60. The van der Waals surface area contributed by atoms with Gasteiger partial charge in [0.1, 0.15) is 12.4 Å². The number of benzene rings is 2. The highest BCUT2D eigenvalue weighted by Gasteiger charge is 1.99. The van der Waals surface area contributed by atoms with Gasteiger partial charge in [-0.1, -0.05) is 55.8 Å². The van der Waals surface area contributed by atoms with Gasteiger partial charge in [0.2, 0.25) is 0 Å². The summed E-state index contributed by atoms with van der Waals surface area (Å²) in [5, 5.41) is 3.44. The molecule has 0 unspecified atom stereocenters. The average molecular weight is 283 g/mol. The van der Waals surface area contributed by atoms with E-state index in [1.54, 1.807) is 0 Å². The van der Waals surface area contributed by atoms with Crippen molar-refractivity contribution in [2.45, 2.75) is 33.9 Å². The monoisotopic (exact) mass is 283 g/mol. The Kier molecular flexibility index (Phi) is 5.82. The molecule has 0 aliphatic carbocycles. The van der Waals surface area contributed by atoms with Gasteiger partial charge in [-0.05, 0) is 42.6 Å². The van der Waals surface area contributed by atoms with Crippen LogP contribution in [0.2, 0.25) is 0 Å². The Morgan fingerprint density at radius 1 is 1.00 bits per heavy atom. The van der Waals surface area contributed by atoms with Gasteiger partial charge >= 0.3 is 0 Å². The van der Waals surface area contributed by atoms with Gasteiger partial charge in [-0.2, -0.15) is 0 Å². The van der Waals surface area contributed by atoms with Crippen molar-refractivity contribution in [1.82, 2.24) is 5.32 Å². The quantitative estimate of drug-likeness (QED) is 0.817. The summed E-state index contributed by atoms with van der Waals surface area (Å²) < 4.78 is 5.82. The van der Waals surface area contributed by atoms with Crippen molar-refractivity contribution in [3.63, 3.8) is 0 Å². The third-order valence-electron chi connectivity index (χ3n) is 3.29. The smallest absolute Gasteiger partial charge is 0.119 e. The molecular weight excluding hydrogens is 258 g/mol. The molecule has 2 aromatic carbocycles. The predicted octanol–water partition coefficient (Wildman–Crippen LogP) is 4.32. The number of hydrogen-bond donors (Lipinski definition) is 1. The van der Waals surface area contributed by atoms with E-state index in [1.807, 2.05) is 12.1 Å². The van der Waals surface area contributed by atoms with E-state index in [0.29, 0.717) is 12.5 Å². The van der Waals surface area contributed by atoms with Gasteiger partial charge in [0.15, 0.2) is 0 Å². The number of ether oxygens (including phenoxy) is 1. The first-order valence-electron chi connectivity index (χ1n) is 7.61. The second-order valence-corrected chi connectivity index (χ2v) is 5.95. The summed E-state index contributed by atoms with van der Waals surface area (Å²) in [7, 11) is 0. The van der Waals surface area contributed by atoms with Crippen molar-refractivity contribution < 1.29 is 4.74 Å². The molecule has 1 N–H and O–H groups in total. The third-order valence-corrected chi connectivity index (χ3v) is 3.29. The molecule has 0 fully saturated rings. The van der Waals surface area contributed by atoms with E-state index in [1.165, 1.54) is 16.7 Å². The molecule has 2 rings (SSSR count). The van der Waals surface area contributed by atoms with Crippen molar-refractivity contribution in [2.75, 3.05) is 6.54 Å². The number of aryl methyl sites for hydroxylation is 1. The van der Waals surface area contributed by atoms with E-state index in [0.717, 1.165) is 18.8 Å². The molecule has 2 heteroatoms. The fraction of sp³-hybridized carbons (Fsp3) is 0.368. The maximum absolute atomic E-state index is 5.82. The zero-order valence-corrected chi connectivity index (χ0v) is 13.2. The van der Waals surface area contributed by atoms with Gasteiger partial charge in [0.25, 0.3) is 0 Å². The van der Waals surface area contributed by atoms with Crippen LogP contribution in [0.15, 0.2) is 48.5 Å². The highest BCUT2D eigenvalue weighted by Crippen LogP contribution is 2.14. The van der Waals surface area contributed by atoms with E-state index < -0.39 is 0 Å². The molecule has 0 aliphatic rings. The lowest BCUT2D eigenvalue weighted by Gasteiger charge is -2.09. The van der Waals surface area contributed by atoms with Gasteiger partial charge in [0.05, 0.1) is 0 Å². The molecule has 0 saturated carbocycles. The molecule has 0 spiro atoms. The molecule has 0 aliphatic heterocycles. The van der Waals surface area contributed by atoms with Gasteiger partial charge in [-0.25, -0.2) is 0 Å². The van der Waals surface area contributed by atoms with Crippen LogP contribution in [0, 0.1) is 12.8 Å². The average Bonchev–Trinajstić information content (AvgIpc) is 2.46. The van der Waals surface area contributed by atoms with Crippen LogP contribution in [0.3, 0.4) is 0 Å². The lowest BCUT2D eigenvalue weighted by Crippen LogP contribution is -2.18. The van der Waals surface area contributed by atoms with Gasteiger partial charge in [-0.3, -0.25) is 0 Å². The van der Waals surface area contributed by atoms with Crippen LogP contribution in [0.1, 0.15) is 30.5 Å².